The average molecular weight is 267 g/mol. The number of benzene rings is 2. The standard InChI is InChI=1S/C17H17NO2/c1-12-7-8-15(17(9-12)19-2)18-11-14-10-13-5-3-4-6-16(13)20-14/h3-10,18H,11H2,1-2H3. The fourth-order valence-electron chi connectivity index (χ4n) is 2.25. The fraction of sp³-hybridized carbons (Fsp3) is 0.176. The Morgan fingerprint density at radius 3 is 2.75 bits per heavy atom. The van der Waals surface area contributed by atoms with Crippen molar-refractivity contribution < 1.29 is 9.15 Å². The van der Waals surface area contributed by atoms with Gasteiger partial charge in [-0.1, -0.05) is 24.3 Å². The minimum atomic E-state index is 0.633. The molecule has 0 aliphatic rings. The molecule has 102 valence electrons. The quantitative estimate of drug-likeness (QED) is 0.762. The highest BCUT2D eigenvalue weighted by atomic mass is 16.5. The Labute approximate surface area is 118 Å². The lowest BCUT2D eigenvalue weighted by atomic mass is 10.2. The van der Waals surface area contributed by atoms with Gasteiger partial charge < -0.3 is 14.5 Å². The minimum Gasteiger partial charge on any atom is -0.495 e. The number of rotatable bonds is 4. The molecule has 0 atom stereocenters. The van der Waals surface area contributed by atoms with Crippen LogP contribution >= 0.6 is 0 Å². The summed E-state index contributed by atoms with van der Waals surface area (Å²) in [6.07, 6.45) is 0. The summed E-state index contributed by atoms with van der Waals surface area (Å²) >= 11 is 0. The van der Waals surface area contributed by atoms with Crippen LogP contribution in [0.15, 0.2) is 52.9 Å². The summed E-state index contributed by atoms with van der Waals surface area (Å²) < 4.78 is 11.2. The van der Waals surface area contributed by atoms with Crippen molar-refractivity contribution >= 4 is 16.7 Å². The number of hydrogen-bond donors (Lipinski definition) is 1. The number of ether oxygens (including phenoxy) is 1. The van der Waals surface area contributed by atoms with Gasteiger partial charge >= 0.3 is 0 Å². The summed E-state index contributed by atoms with van der Waals surface area (Å²) in [5.41, 5.74) is 3.06. The Kier molecular flexibility index (Phi) is 3.33. The molecule has 0 bridgehead atoms. The van der Waals surface area contributed by atoms with Crippen LogP contribution in [-0.2, 0) is 6.54 Å². The second-order valence-electron chi connectivity index (χ2n) is 4.81. The Morgan fingerprint density at radius 1 is 1.10 bits per heavy atom. The molecule has 3 heteroatoms. The number of para-hydroxylation sites is 1. The van der Waals surface area contributed by atoms with E-state index in [1.54, 1.807) is 7.11 Å². The van der Waals surface area contributed by atoms with Crippen LogP contribution in [0.2, 0.25) is 0 Å². The predicted molar refractivity (Wildman–Crippen MR) is 81.3 cm³/mol. The zero-order chi connectivity index (χ0) is 13.9. The SMILES string of the molecule is COc1cc(C)ccc1NCc1cc2ccccc2o1. The summed E-state index contributed by atoms with van der Waals surface area (Å²) in [5.74, 6) is 1.76. The third-order valence-corrected chi connectivity index (χ3v) is 3.29. The number of methoxy groups -OCH3 is 1. The van der Waals surface area contributed by atoms with E-state index in [-0.39, 0.29) is 0 Å². The van der Waals surface area contributed by atoms with Gasteiger partial charge in [0.25, 0.3) is 0 Å². The first-order chi connectivity index (χ1) is 9.76. The van der Waals surface area contributed by atoms with E-state index in [0.717, 1.165) is 28.2 Å². The zero-order valence-electron chi connectivity index (χ0n) is 11.6. The Balaban J connectivity index is 1.79. The van der Waals surface area contributed by atoms with Crippen LogP contribution in [0.5, 0.6) is 5.75 Å². The second kappa shape index (κ2) is 5.29. The number of furan rings is 1. The summed E-state index contributed by atoms with van der Waals surface area (Å²) in [6, 6.07) is 16.2. The lowest BCUT2D eigenvalue weighted by Gasteiger charge is -2.10. The molecule has 3 nitrogen and oxygen atoms in total. The lowest BCUT2D eigenvalue weighted by molar-refractivity contribution is 0.416. The van der Waals surface area contributed by atoms with Gasteiger partial charge in [-0.2, -0.15) is 0 Å². The van der Waals surface area contributed by atoms with E-state index in [9.17, 15) is 0 Å². The van der Waals surface area contributed by atoms with Crippen molar-refractivity contribution in [3.63, 3.8) is 0 Å². The number of fused-ring (bicyclic) bond motifs is 1. The molecule has 0 saturated carbocycles. The first kappa shape index (κ1) is 12.6. The number of anilines is 1. The van der Waals surface area contributed by atoms with E-state index < -0.39 is 0 Å². The average Bonchev–Trinajstić information content (AvgIpc) is 2.88. The highest BCUT2D eigenvalue weighted by molar-refractivity contribution is 5.77. The van der Waals surface area contributed by atoms with Crippen LogP contribution in [0.25, 0.3) is 11.0 Å². The van der Waals surface area contributed by atoms with Crippen molar-refractivity contribution in [2.45, 2.75) is 13.5 Å². The molecule has 2 aromatic carbocycles. The molecule has 3 aromatic rings. The molecule has 0 spiro atoms. The van der Waals surface area contributed by atoms with Gasteiger partial charge in [-0.3, -0.25) is 0 Å². The van der Waals surface area contributed by atoms with E-state index in [0.29, 0.717) is 6.54 Å². The van der Waals surface area contributed by atoms with Crippen LogP contribution in [-0.4, -0.2) is 7.11 Å². The number of nitrogens with one attached hydrogen (secondary N) is 1. The maximum Gasteiger partial charge on any atom is 0.142 e. The van der Waals surface area contributed by atoms with Gasteiger partial charge in [0, 0.05) is 5.39 Å². The smallest absolute Gasteiger partial charge is 0.142 e. The molecule has 1 N–H and O–H groups in total. The molecule has 0 amide bonds. The Hall–Kier alpha value is -2.42. The molecular formula is C17H17NO2. The first-order valence-electron chi connectivity index (χ1n) is 6.62. The van der Waals surface area contributed by atoms with E-state index in [4.69, 9.17) is 9.15 Å². The molecule has 0 aliphatic carbocycles. The Morgan fingerprint density at radius 2 is 1.95 bits per heavy atom. The van der Waals surface area contributed by atoms with Crippen molar-refractivity contribution in [2.24, 2.45) is 0 Å². The van der Waals surface area contributed by atoms with Gasteiger partial charge in [0.15, 0.2) is 0 Å². The van der Waals surface area contributed by atoms with Gasteiger partial charge in [-0.05, 0) is 36.8 Å². The lowest BCUT2D eigenvalue weighted by Crippen LogP contribution is -2.00. The van der Waals surface area contributed by atoms with Crippen molar-refractivity contribution in [3.05, 3.63) is 59.9 Å². The van der Waals surface area contributed by atoms with Crippen LogP contribution in [0, 0.1) is 6.92 Å². The van der Waals surface area contributed by atoms with E-state index >= 15 is 0 Å². The summed E-state index contributed by atoms with van der Waals surface area (Å²) in [6.45, 7) is 2.68. The monoisotopic (exact) mass is 267 g/mol. The third-order valence-electron chi connectivity index (χ3n) is 3.29. The van der Waals surface area contributed by atoms with Gasteiger partial charge in [0.1, 0.15) is 17.1 Å². The molecular weight excluding hydrogens is 250 g/mol. The van der Waals surface area contributed by atoms with Crippen molar-refractivity contribution in [2.75, 3.05) is 12.4 Å². The maximum absolute atomic E-state index is 5.78. The van der Waals surface area contributed by atoms with Crippen LogP contribution in [0.4, 0.5) is 5.69 Å². The van der Waals surface area contributed by atoms with E-state index in [2.05, 4.69) is 23.5 Å². The number of hydrogen-bond acceptors (Lipinski definition) is 3. The van der Waals surface area contributed by atoms with E-state index in [1.807, 2.05) is 37.3 Å². The van der Waals surface area contributed by atoms with Crippen LogP contribution < -0.4 is 10.1 Å². The molecule has 20 heavy (non-hydrogen) atoms. The largest absolute Gasteiger partial charge is 0.495 e. The summed E-state index contributed by atoms with van der Waals surface area (Å²) in [4.78, 5) is 0. The molecule has 1 aromatic heterocycles. The predicted octanol–water partition coefficient (Wildman–Crippen LogP) is 4.36. The van der Waals surface area contributed by atoms with Crippen molar-refractivity contribution in [1.82, 2.24) is 0 Å². The molecule has 0 saturated heterocycles. The summed E-state index contributed by atoms with van der Waals surface area (Å²) in [5, 5.41) is 4.48. The molecule has 0 unspecified atom stereocenters. The van der Waals surface area contributed by atoms with Gasteiger partial charge in [-0.25, -0.2) is 0 Å². The zero-order valence-corrected chi connectivity index (χ0v) is 11.6. The van der Waals surface area contributed by atoms with Gasteiger partial charge in [0.2, 0.25) is 0 Å². The van der Waals surface area contributed by atoms with Crippen molar-refractivity contribution in [1.29, 1.82) is 0 Å². The molecule has 1 heterocycles. The highest BCUT2D eigenvalue weighted by Gasteiger charge is 2.06. The topological polar surface area (TPSA) is 34.4 Å². The third kappa shape index (κ3) is 2.48. The summed E-state index contributed by atoms with van der Waals surface area (Å²) in [7, 11) is 1.68. The maximum atomic E-state index is 5.78. The second-order valence-corrected chi connectivity index (χ2v) is 4.81. The van der Waals surface area contributed by atoms with Gasteiger partial charge in [0.05, 0.1) is 19.3 Å². The van der Waals surface area contributed by atoms with Crippen LogP contribution in [0.1, 0.15) is 11.3 Å². The number of aryl methyl sites for hydroxylation is 1. The minimum absolute atomic E-state index is 0.633. The highest BCUT2D eigenvalue weighted by Crippen LogP contribution is 2.26. The van der Waals surface area contributed by atoms with E-state index in [1.165, 1.54) is 5.56 Å². The molecule has 0 fully saturated rings. The molecule has 3 rings (SSSR count). The van der Waals surface area contributed by atoms with Crippen LogP contribution in [0.3, 0.4) is 0 Å². The molecule has 0 radical (unpaired) electrons. The molecule has 0 aliphatic heterocycles. The van der Waals surface area contributed by atoms with Crippen molar-refractivity contribution in [3.8, 4) is 5.75 Å². The Bertz CT molecular complexity index is 698. The van der Waals surface area contributed by atoms with Gasteiger partial charge in [-0.15, -0.1) is 0 Å². The first-order valence-corrected chi connectivity index (χ1v) is 6.62. The normalized spacial score (nSPS) is 10.7. The fourth-order valence-corrected chi connectivity index (χ4v) is 2.25.